The van der Waals surface area contributed by atoms with E-state index >= 15 is 0 Å². The van der Waals surface area contributed by atoms with Crippen molar-refractivity contribution in [3.63, 3.8) is 0 Å². The van der Waals surface area contributed by atoms with Crippen molar-refractivity contribution in [2.75, 3.05) is 18.6 Å². The van der Waals surface area contributed by atoms with Crippen LogP contribution in [0.15, 0.2) is 18.2 Å². The summed E-state index contributed by atoms with van der Waals surface area (Å²) in [5.41, 5.74) is 0.139. The Hall–Kier alpha value is -1.36. The molecule has 1 aliphatic heterocycles. The lowest BCUT2D eigenvalue weighted by Gasteiger charge is -2.24. The van der Waals surface area contributed by atoms with Crippen LogP contribution in [-0.4, -0.2) is 35.8 Å². The molecule has 1 fully saturated rings. The molecule has 1 N–H and O–H groups in total. The van der Waals surface area contributed by atoms with Crippen molar-refractivity contribution in [1.29, 1.82) is 0 Å². The second kappa shape index (κ2) is 6.00. The molecule has 1 aromatic rings. The number of hydrogen-bond donors (Lipinski definition) is 1. The van der Waals surface area contributed by atoms with Gasteiger partial charge in [-0.3, -0.25) is 0 Å². The third-order valence-electron chi connectivity index (χ3n) is 2.88. The molecule has 1 aliphatic rings. The molecule has 18 heavy (non-hydrogen) atoms. The van der Waals surface area contributed by atoms with E-state index in [0.717, 1.165) is 24.3 Å². The molecule has 0 aromatic heterocycles. The van der Waals surface area contributed by atoms with Gasteiger partial charge in [0.25, 0.3) is 0 Å². The van der Waals surface area contributed by atoms with E-state index in [1.165, 1.54) is 13.2 Å². The maximum Gasteiger partial charge on any atom is 0.339 e. The summed E-state index contributed by atoms with van der Waals surface area (Å²) in [4.78, 5) is 11.1. The van der Waals surface area contributed by atoms with Crippen molar-refractivity contribution in [2.45, 2.75) is 18.9 Å². The molecule has 1 saturated heterocycles. The minimum atomic E-state index is -1.00. The Labute approximate surface area is 110 Å². The summed E-state index contributed by atoms with van der Waals surface area (Å²) in [6.45, 7) is 0. The third kappa shape index (κ3) is 2.90. The summed E-state index contributed by atoms with van der Waals surface area (Å²) in [5.74, 6) is 2.01. The molecule has 0 radical (unpaired) electrons. The van der Waals surface area contributed by atoms with Gasteiger partial charge < -0.3 is 14.6 Å². The Kier molecular flexibility index (Phi) is 4.36. The van der Waals surface area contributed by atoms with Crippen LogP contribution in [-0.2, 0) is 0 Å². The van der Waals surface area contributed by atoms with Crippen LogP contribution in [0.5, 0.6) is 11.5 Å². The lowest BCUT2D eigenvalue weighted by molar-refractivity contribution is 0.0691. The minimum absolute atomic E-state index is 0.139. The first kappa shape index (κ1) is 13.1. The number of methoxy groups -OCH3 is 1. The Morgan fingerprint density at radius 1 is 1.39 bits per heavy atom. The largest absolute Gasteiger partial charge is 0.492 e. The highest BCUT2D eigenvalue weighted by atomic mass is 32.2. The summed E-state index contributed by atoms with van der Waals surface area (Å²) in [5, 5.41) is 9.09. The number of carboxylic acid groups (broad SMARTS) is 1. The van der Waals surface area contributed by atoms with Crippen molar-refractivity contribution in [3.8, 4) is 11.5 Å². The Morgan fingerprint density at radius 2 is 2.11 bits per heavy atom. The number of carbonyl (C=O) groups is 1. The predicted octanol–water partition coefficient (Wildman–Crippen LogP) is 2.67. The number of hydrogen-bond acceptors (Lipinski definition) is 4. The monoisotopic (exact) mass is 268 g/mol. The molecule has 1 heterocycles. The van der Waals surface area contributed by atoms with E-state index in [9.17, 15) is 4.79 Å². The SMILES string of the molecule is COc1c(OC2CCSCC2)cccc1C(=O)O. The molecule has 2 rings (SSSR count). The predicted molar refractivity (Wildman–Crippen MR) is 70.9 cm³/mol. The Balaban J connectivity index is 2.20. The second-order valence-corrected chi connectivity index (χ2v) is 5.30. The lowest BCUT2D eigenvalue weighted by Crippen LogP contribution is -2.22. The summed E-state index contributed by atoms with van der Waals surface area (Å²) >= 11 is 1.92. The van der Waals surface area contributed by atoms with Gasteiger partial charge in [0, 0.05) is 0 Å². The molecule has 0 bridgehead atoms. The molecule has 0 atom stereocenters. The average Bonchev–Trinajstić information content (AvgIpc) is 2.39. The fourth-order valence-corrected chi connectivity index (χ4v) is 3.02. The van der Waals surface area contributed by atoms with Crippen LogP contribution in [0, 0.1) is 0 Å². The molecular formula is C13H16O4S. The van der Waals surface area contributed by atoms with Crippen LogP contribution < -0.4 is 9.47 Å². The molecule has 0 unspecified atom stereocenters. The normalized spacial score (nSPS) is 16.3. The molecule has 0 spiro atoms. The number of para-hydroxylation sites is 1. The van der Waals surface area contributed by atoms with E-state index in [2.05, 4.69) is 0 Å². The summed E-state index contributed by atoms with van der Waals surface area (Å²) < 4.78 is 11.0. The third-order valence-corrected chi connectivity index (χ3v) is 3.92. The van der Waals surface area contributed by atoms with Crippen LogP contribution in [0.2, 0.25) is 0 Å². The zero-order valence-electron chi connectivity index (χ0n) is 10.2. The molecule has 0 saturated carbocycles. The van der Waals surface area contributed by atoms with Crippen LogP contribution in [0.4, 0.5) is 0 Å². The zero-order valence-corrected chi connectivity index (χ0v) is 11.0. The van der Waals surface area contributed by atoms with Gasteiger partial charge in [0.15, 0.2) is 11.5 Å². The number of rotatable bonds is 4. The number of ether oxygens (including phenoxy) is 2. The van der Waals surface area contributed by atoms with E-state index in [-0.39, 0.29) is 11.7 Å². The fourth-order valence-electron chi connectivity index (χ4n) is 1.96. The van der Waals surface area contributed by atoms with Gasteiger partial charge in [-0.05, 0) is 36.5 Å². The average molecular weight is 268 g/mol. The number of carboxylic acids is 1. The van der Waals surface area contributed by atoms with Gasteiger partial charge in [-0.15, -0.1) is 0 Å². The first-order chi connectivity index (χ1) is 8.72. The first-order valence-corrected chi connectivity index (χ1v) is 7.02. The van der Waals surface area contributed by atoms with Crippen LogP contribution >= 0.6 is 11.8 Å². The van der Waals surface area contributed by atoms with Gasteiger partial charge in [0.1, 0.15) is 11.7 Å². The van der Waals surface area contributed by atoms with Gasteiger partial charge >= 0.3 is 5.97 Å². The zero-order chi connectivity index (χ0) is 13.0. The lowest BCUT2D eigenvalue weighted by atomic mass is 10.1. The highest BCUT2D eigenvalue weighted by Gasteiger charge is 2.20. The Morgan fingerprint density at radius 3 is 2.72 bits per heavy atom. The number of aromatic carboxylic acids is 1. The van der Waals surface area contributed by atoms with Crippen LogP contribution in [0.3, 0.4) is 0 Å². The first-order valence-electron chi connectivity index (χ1n) is 5.87. The molecule has 0 amide bonds. The van der Waals surface area contributed by atoms with Crippen molar-refractivity contribution >= 4 is 17.7 Å². The molecule has 1 aromatic carbocycles. The maximum absolute atomic E-state index is 11.1. The Bertz CT molecular complexity index is 427. The van der Waals surface area contributed by atoms with Crippen molar-refractivity contribution in [2.24, 2.45) is 0 Å². The topological polar surface area (TPSA) is 55.8 Å². The van der Waals surface area contributed by atoms with Gasteiger partial charge in [-0.2, -0.15) is 11.8 Å². The molecule has 5 heteroatoms. The van der Waals surface area contributed by atoms with E-state index in [4.69, 9.17) is 14.6 Å². The van der Waals surface area contributed by atoms with Crippen molar-refractivity contribution < 1.29 is 19.4 Å². The van der Waals surface area contributed by atoms with E-state index < -0.39 is 5.97 Å². The maximum atomic E-state index is 11.1. The van der Waals surface area contributed by atoms with E-state index in [1.54, 1.807) is 12.1 Å². The molecule has 4 nitrogen and oxygen atoms in total. The van der Waals surface area contributed by atoms with Gasteiger partial charge in [-0.25, -0.2) is 4.79 Å². The highest BCUT2D eigenvalue weighted by Crippen LogP contribution is 2.33. The quantitative estimate of drug-likeness (QED) is 0.909. The van der Waals surface area contributed by atoms with Gasteiger partial charge in [0.2, 0.25) is 0 Å². The van der Waals surface area contributed by atoms with Crippen molar-refractivity contribution in [1.82, 2.24) is 0 Å². The molecular weight excluding hydrogens is 252 g/mol. The smallest absolute Gasteiger partial charge is 0.339 e. The molecule has 0 aliphatic carbocycles. The second-order valence-electron chi connectivity index (χ2n) is 4.07. The van der Waals surface area contributed by atoms with Gasteiger partial charge in [-0.1, -0.05) is 6.07 Å². The summed E-state index contributed by atoms with van der Waals surface area (Å²) in [6, 6.07) is 4.96. The number of benzene rings is 1. The summed E-state index contributed by atoms with van der Waals surface area (Å²) in [6.07, 6.45) is 2.14. The van der Waals surface area contributed by atoms with E-state index in [0.29, 0.717) is 11.5 Å². The number of thioether (sulfide) groups is 1. The standard InChI is InChI=1S/C13H16O4S/c1-16-12-10(13(14)15)3-2-4-11(12)17-9-5-7-18-8-6-9/h2-4,9H,5-8H2,1H3,(H,14,15). The van der Waals surface area contributed by atoms with Crippen molar-refractivity contribution in [3.05, 3.63) is 23.8 Å². The molecule has 98 valence electrons. The van der Waals surface area contributed by atoms with E-state index in [1.807, 2.05) is 11.8 Å². The summed E-state index contributed by atoms with van der Waals surface area (Å²) in [7, 11) is 1.46. The van der Waals surface area contributed by atoms with Crippen LogP contribution in [0.1, 0.15) is 23.2 Å². The highest BCUT2D eigenvalue weighted by molar-refractivity contribution is 7.99. The minimum Gasteiger partial charge on any atom is -0.492 e. The van der Waals surface area contributed by atoms with Crippen LogP contribution in [0.25, 0.3) is 0 Å². The van der Waals surface area contributed by atoms with Gasteiger partial charge in [0.05, 0.1) is 7.11 Å². The fraction of sp³-hybridized carbons (Fsp3) is 0.462.